The van der Waals surface area contributed by atoms with Gasteiger partial charge in [0.2, 0.25) is 0 Å². The topological polar surface area (TPSA) is 34.1 Å². The predicted molar refractivity (Wildman–Crippen MR) is 124 cm³/mol. The smallest absolute Gasteiger partial charge is 0.299 e. The molecule has 2 nitrogen and oxygen atoms in total. The molecule has 0 spiro atoms. The van der Waals surface area contributed by atoms with E-state index in [0.717, 1.165) is 18.2 Å². The summed E-state index contributed by atoms with van der Waals surface area (Å²) in [6.07, 6.45) is -9.17. The van der Waals surface area contributed by atoms with Crippen molar-refractivity contribution >= 4 is 52.4 Å². The van der Waals surface area contributed by atoms with Gasteiger partial charge < -0.3 is 0 Å². The van der Waals surface area contributed by atoms with Crippen LogP contribution in [0.25, 0.3) is 6.08 Å². The molecule has 0 aliphatic carbocycles. The van der Waals surface area contributed by atoms with Crippen LogP contribution in [0.2, 0.25) is 15.1 Å². The molecule has 0 N–H and O–H groups in total. The van der Waals surface area contributed by atoms with E-state index in [9.17, 15) is 35.9 Å². The fraction of sp³-hybridized carbons (Fsp3) is 0.333. The highest BCUT2D eigenvalue weighted by Crippen LogP contribution is 2.41. The van der Waals surface area contributed by atoms with Gasteiger partial charge in [0.1, 0.15) is 12.2 Å². The van der Waals surface area contributed by atoms with E-state index in [2.05, 4.69) is 0 Å². The van der Waals surface area contributed by atoms with Crippen LogP contribution in [0.15, 0.2) is 42.5 Å². The highest BCUT2D eigenvalue weighted by molar-refractivity contribution is 6.48. The highest BCUT2D eigenvalue weighted by Gasteiger charge is 2.39. The minimum atomic E-state index is -4.65. The maximum atomic E-state index is 13.6. The molecule has 2 aromatic rings. The Hall–Kier alpha value is -2.03. The quantitative estimate of drug-likeness (QED) is 0.174. The van der Waals surface area contributed by atoms with Crippen molar-refractivity contribution in [2.24, 2.45) is 5.92 Å². The first-order chi connectivity index (χ1) is 16.1. The van der Waals surface area contributed by atoms with E-state index < -0.39 is 42.2 Å². The Morgan fingerprint density at radius 3 is 1.94 bits per heavy atom. The number of hydrogen-bond donors (Lipinski definition) is 0. The lowest BCUT2D eigenvalue weighted by atomic mass is 9.94. The van der Waals surface area contributed by atoms with Crippen LogP contribution < -0.4 is 0 Å². The van der Waals surface area contributed by atoms with Crippen molar-refractivity contribution in [3.8, 4) is 0 Å². The van der Waals surface area contributed by atoms with Gasteiger partial charge in [0.25, 0.3) is 0 Å². The van der Waals surface area contributed by atoms with Gasteiger partial charge in [-0.15, -0.1) is 0 Å². The Kier molecular flexibility index (Phi) is 9.85. The fourth-order valence-electron chi connectivity index (χ4n) is 3.34. The maximum absolute atomic E-state index is 13.6. The summed E-state index contributed by atoms with van der Waals surface area (Å²) in [6.45, 7) is 1.50. The number of hydrogen-bond acceptors (Lipinski definition) is 2. The first kappa shape index (κ1) is 29.2. The van der Waals surface area contributed by atoms with Crippen LogP contribution in [-0.4, -0.2) is 23.9 Å². The summed E-state index contributed by atoms with van der Waals surface area (Å²) in [5, 5.41) is -0.288. The third-order valence-corrected chi connectivity index (χ3v) is 6.14. The number of halogens is 9. The zero-order chi connectivity index (χ0) is 26.6. The van der Waals surface area contributed by atoms with Crippen LogP contribution in [0, 0.1) is 5.92 Å². The summed E-state index contributed by atoms with van der Waals surface area (Å²) in [5.41, 5.74) is 0.394. The van der Waals surface area contributed by atoms with Gasteiger partial charge in [0.05, 0.1) is 21.0 Å². The fourth-order valence-corrected chi connectivity index (χ4v) is 3.96. The van der Waals surface area contributed by atoms with Gasteiger partial charge in [-0.2, -0.15) is 26.3 Å². The standard InChI is InChI=1S/C24H19Cl3F6O2/c1-13(8-17(34)12-23(28,29)30)9-21(35)15-5-2-14(3-6-15)4-7-18(24(31,32)33)16-10-19(25)22(27)20(26)11-16/h2-7,10-11,13,18H,8-9,12H2,1H3/b7-4+/t13-,18?/m1/s1. The molecule has 0 fully saturated rings. The number of carbonyl (C=O) groups excluding carboxylic acids is 2. The minimum Gasteiger partial charge on any atom is -0.299 e. The van der Waals surface area contributed by atoms with Gasteiger partial charge in [-0.1, -0.05) is 78.1 Å². The number of alkyl halides is 6. The van der Waals surface area contributed by atoms with Crippen molar-refractivity contribution in [3.63, 3.8) is 0 Å². The van der Waals surface area contributed by atoms with Gasteiger partial charge >= 0.3 is 12.4 Å². The molecule has 0 radical (unpaired) electrons. The Morgan fingerprint density at radius 1 is 0.914 bits per heavy atom. The van der Waals surface area contributed by atoms with Crippen LogP contribution in [0.4, 0.5) is 26.3 Å². The molecule has 0 bridgehead atoms. The molecule has 0 aliphatic heterocycles. The Morgan fingerprint density at radius 2 is 1.46 bits per heavy atom. The summed E-state index contributed by atoms with van der Waals surface area (Å²) in [5.74, 6) is -4.01. The van der Waals surface area contributed by atoms with Crippen molar-refractivity contribution in [3.05, 3.63) is 74.2 Å². The predicted octanol–water partition coefficient (Wildman–Crippen LogP) is 9.13. The van der Waals surface area contributed by atoms with Gasteiger partial charge in [0, 0.05) is 18.4 Å². The van der Waals surface area contributed by atoms with Crippen molar-refractivity contribution in [2.75, 3.05) is 0 Å². The molecule has 35 heavy (non-hydrogen) atoms. The second kappa shape index (κ2) is 11.8. The summed E-state index contributed by atoms with van der Waals surface area (Å²) in [4.78, 5) is 23.8. The molecule has 0 heterocycles. The average molecular weight is 560 g/mol. The lowest BCUT2D eigenvalue weighted by molar-refractivity contribution is -0.152. The second-order valence-electron chi connectivity index (χ2n) is 8.07. The summed E-state index contributed by atoms with van der Waals surface area (Å²) >= 11 is 17.5. The highest BCUT2D eigenvalue weighted by atomic mass is 35.5. The monoisotopic (exact) mass is 558 g/mol. The van der Waals surface area contributed by atoms with E-state index >= 15 is 0 Å². The minimum absolute atomic E-state index is 0.0544. The van der Waals surface area contributed by atoms with E-state index in [0.29, 0.717) is 5.56 Å². The van der Waals surface area contributed by atoms with Crippen LogP contribution in [-0.2, 0) is 4.79 Å². The van der Waals surface area contributed by atoms with E-state index in [-0.39, 0.29) is 39.0 Å². The van der Waals surface area contributed by atoms with Crippen molar-refractivity contribution in [1.82, 2.24) is 0 Å². The summed E-state index contributed by atoms with van der Waals surface area (Å²) in [7, 11) is 0. The first-order valence-corrected chi connectivity index (χ1v) is 11.3. The normalized spacial score (nSPS) is 14.2. The van der Waals surface area contributed by atoms with Crippen LogP contribution >= 0.6 is 34.8 Å². The van der Waals surface area contributed by atoms with Crippen molar-refractivity contribution < 1.29 is 35.9 Å². The van der Waals surface area contributed by atoms with Gasteiger partial charge in [0.15, 0.2) is 5.78 Å². The lowest BCUT2D eigenvalue weighted by Crippen LogP contribution is -2.19. The van der Waals surface area contributed by atoms with E-state index in [1.54, 1.807) is 0 Å². The summed E-state index contributed by atoms with van der Waals surface area (Å²) < 4.78 is 77.8. The van der Waals surface area contributed by atoms with Crippen LogP contribution in [0.3, 0.4) is 0 Å². The molecule has 2 aromatic carbocycles. The van der Waals surface area contributed by atoms with Gasteiger partial charge in [-0.05, 0) is 29.2 Å². The molecule has 0 saturated heterocycles. The van der Waals surface area contributed by atoms with Gasteiger partial charge in [-0.3, -0.25) is 9.59 Å². The maximum Gasteiger partial charge on any atom is 0.399 e. The SMILES string of the molecule is C[C@H](CC(=O)CC(F)(F)F)CC(=O)c1ccc(/C=C/C(c2cc(Cl)c(Cl)c(Cl)c2)C(F)(F)F)cc1. The molecule has 0 saturated carbocycles. The van der Waals surface area contributed by atoms with Crippen molar-refractivity contribution in [1.29, 1.82) is 0 Å². The zero-order valence-electron chi connectivity index (χ0n) is 18.1. The molecule has 190 valence electrons. The Labute approximate surface area is 212 Å². The number of ketones is 2. The third kappa shape index (κ3) is 9.17. The number of rotatable bonds is 9. The van der Waals surface area contributed by atoms with Crippen LogP contribution in [0.5, 0.6) is 0 Å². The molecule has 2 rings (SSSR count). The molecular formula is C24H19Cl3F6O2. The molecular weight excluding hydrogens is 541 g/mol. The molecule has 11 heteroatoms. The third-order valence-electron chi connectivity index (χ3n) is 4.94. The zero-order valence-corrected chi connectivity index (χ0v) is 20.4. The molecule has 0 amide bonds. The first-order valence-electron chi connectivity index (χ1n) is 10.2. The van der Waals surface area contributed by atoms with E-state index in [4.69, 9.17) is 34.8 Å². The molecule has 1 unspecified atom stereocenters. The number of carbonyl (C=O) groups is 2. The average Bonchev–Trinajstić information content (AvgIpc) is 2.69. The van der Waals surface area contributed by atoms with Crippen LogP contribution in [0.1, 0.15) is 53.6 Å². The van der Waals surface area contributed by atoms with Crippen molar-refractivity contribution in [2.45, 2.75) is 44.5 Å². The van der Waals surface area contributed by atoms with E-state index in [1.807, 2.05) is 0 Å². The number of allylic oxidation sites excluding steroid dienone is 1. The number of benzene rings is 2. The molecule has 2 atom stereocenters. The lowest BCUT2D eigenvalue weighted by Gasteiger charge is -2.18. The number of Topliss-reactive ketones (excluding diaryl/α,β-unsaturated/α-hetero) is 2. The molecule has 0 aromatic heterocycles. The second-order valence-corrected chi connectivity index (χ2v) is 9.26. The molecule has 0 aliphatic rings. The Balaban J connectivity index is 2.10. The summed E-state index contributed by atoms with van der Waals surface area (Å²) in [6, 6.07) is 7.81. The van der Waals surface area contributed by atoms with E-state index in [1.165, 1.54) is 37.3 Å². The largest absolute Gasteiger partial charge is 0.399 e. The van der Waals surface area contributed by atoms with Gasteiger partial charge in [-0.25, -0.2) is 0 Å². The Bertz CT molecular complexity index is 1070.